The van der Waals surface area contributed by atoms with Crippen molar-refractivity contribution in [2.24, 2.45) is 5.84 Å². The molecule has 0 bridgehead atoms. The van der Waals surface area contributed by atoms with E-state index >= 15 is 0 Å². The van der Waals surface area contributed by atoms with Gasteiger partial charge in [-0.05, 0) is 40.5 Å². The summed E-state index contributed by atoms with van der Waals surface area (Å²) in [6, 6.07) is 12.0. The lowest BCUT2D eigenvalue weighted by molar-refractivity contribution is -0.143. The Balaban J connectivity index is 1.68. The zero-order valence-electron chi connectivity index (χ0n) is 15.5. The number of carbonyl (C=O) groups is 2. The Labute approximate surface area is 184 Å². The molecule has 1 aromatic carbocycles. The lowest BCUT2D eigenvalue weighted by atomic mass is 10.2. The molecular weight excluding hydrogens is 474 g/mol. The van der Waals surface area contributed by atoms with Crippen LogP contribution in [0.2, 0.25) is 0 Å². The number of carbonyl (C=O) groups excluding carboxylic acids is 2. The van der Waals surface area contributed by atoms with Crippen LogP contribution in [0.1, 0.15) is 19.0 Å². The summed E-state index contributed by atoms with van der Waals surface area (Å²) in [5.74, 6) is 5.19. The normalized spacial score (nSPS) is 10.6. The predicted molar refractivity (Wildman–Crippen MR) is 118 cm³/mol. The minimum atomic E-state index is -0.486. The van der Waals surface area contributed by atoms with Gasteiger partial charge in [0.15, 0.2) is 5.13 Å². The molecule has 10 heteroatoms. The maximum Gasteiger partial charge on any atom is 0.243 e. The number of benzene rings is 1. The van der Waals surface area contributed by atoms with Gasteiger partial charge in [-0.25, -0.2) is 20.8 Å². The topological polar surface area (TPSA) is 101 Å². The van der Waals surface area contributed by atoms with E-state index in [4.69, 9.17) is 5.84 Å². The van der Waals surface area contributed by atoms with Gasteiger partial charge < -0.3 is 5.32 Å². The molecule has 29 heavy (non-hydrogen) atoms. The van der Waals surface area contributed by atoms with Crippen LogP contribution in [0.4, 0.5) is 10.9 Å². The van der Waals surface area contributed by atoms with E-state index in [9.17, 15) is 9.59 Å². The smallest absolute Gasteiger partial charge is 0.243 e. The predicted octanol–water partition coefficient (Wildman–Crippen LogP) is 4.38. The molecule has 2 aromatic heterocycles. The first kappa shape index (κ1) is 21.4. The number of aryl methyl sites for hydroxylation is 1. The molecule has 0 aliphatic carbocycles. The van der Waals surface area contributed by atoms with Crippen molar-refractivity contribution >= 4 is 61.8 Å². The number of pyridine rings is 1. The lowest BCUT2D eigenvalue weighted by Crippen LogP contribution is -2.41. The number of anilines is 2. The third-order valence-electron chi connectivity index (χ3n) is 3.77. The fourth-order valence-electron chi connectivity index (χ4n) is 2.32. The average Bonchev–Trinajstić information content (AvgIpc) is 3.15. The average molecular weight is 492 g/mol. The van der Waals surface area contributed by atoms with Crippen LogP contribution in [0.15, 0.2) is 62.2 Å². The van der Waals surface area contributed by atoms with Gasteiger partial charge in [0.2, 0.25) is 11.8 Å². The molecule has 0 spiro atoms. The maximum atomic E-state index is 11.8. The highest BCUT2D eigenvalue weighted by Crippen LogP contribution is 2.35. The fraction of sp³-hybridized carbons (Fsp3) is 0.158. The molecule has 150 valence electrons. The van der Waals surface area contributed by atoms with Crippen LogP contribution in [0.25, 0.3) is 0 Å². The molecule has 3 aromatic rings. The fourth-order valence-corrected chi connectivity index (χ4v) is 4.48. The molecule has 0 fully saturated rings. The highest BCUT2D eigenvalue weighted by atomic mass is 79.9. The number of thiazole rings is 1. The number of rotatable bonds is 7. The first-order valence-electron chi connectivity index (χ1n) is 8.60. The van der Waals surface area contributed by atoms with E-state index in [0.717, 1.165) is 20.0 Å². The third kappa shape index (κ3) is 6.10. The Morgan fingerprint density at radius 3 is 2.79 bits per heavy atom. The van der Waals surface area contributed by atoms with E-state index in [2.05, 4.69) is 31.2 Å². The number of imide groups is 1. The van der Waals surface area contributed by atoms with Gasteiger partial charge >= 0.3 is 0 Å². The molecule has 0 atom stereocenters. The largest absolute Gasteiger partial charge is 0.315 e. The van der Waals surface area contributed by atoms with Gasteiger partial charge in [0.05, 0.1) is 10.6 Å². The van der Waals surface area contributed by atoms with Crippen molar-refractivity contribution in [1.29, 1.82) is 0 Å². The zero-order chi connectivity index (χ0) is 20.8. The van der Waals surface area contributed by atoms with Crippen molar-refractivity contribution in [3.8, 4) is 0 Å². The third-order valence-corrected chi connectivity index (χ3v) is 6.05. The number of nitrogens with one attached hydrogen (secondary N) is 1. The number of aromatic nitrogens is 2. The van der Waals surface area contributed by atoms with Gasteiger partial charge in [0.25, 0.3) is 0 Å². The van der Waals surface area contributed by atoms with Crippen LogP contribution in [0, 0.1) is 0 Å². The Morgan fingerprint density at radius 2 is 2.07 bits per heavy atom. The van der Waals surface area contributed by atoms with Crippen molar-refractivity contribution in [1.82, 2.24) is 15.0 Å². The minimum Gasteiger partial charge on any atom is -0.315 e. The van der Waals surface area contributed by atoms with Gasteiger partial charge in [-0.3, -0.25) is 9.59 Å². The number of nitrogens with two attached hydrogens (primary N) is 1. The lowest BCUT2D eigenvalue weighted by Gasteiger charge is -2.11. The summed E-state index contributed by atoms with van der Waals surface area (Å²) in [7, 11) is 0. The highest BCUT2D eigenvalue weighted by molar-refractivity contribution is 9.10. The summed E-state index contributed by atoms with van der Waals surface area (Å²) in [6.07, 6.45) is 2.24. The second kappa shape index (κ2) is 9.97. The first-order chi connectivity index (χ1) is 13.9. The van der Waals surface area contributed by atoms with Crippen LogP contribution in [0.3, 0.4) is 0 Å². The van der Waals surface area contributed by atoms with E-state index in [-0.39, 0.29) is 6.42 Å². The van der Waals surface area contributed by atoms with Crippen molar-refractivity contribution < 1.29 is 9.59 Å². The van der Waals surface area contributed by atoms with E-state index in [0.29, 0.717) is 22.4 Å². The number of hydrogen-bond donors (Lipinski definition) is 2. The molecule has 3 N–H and O–H groups in total. The molecule has 2 heterocycles. The molecule has 3 rings (SSSR count). The Morgan fingerprint density at radius 1 is 1.31 bits per heavy atom. The van der Waals surface area contributed by atoms with Crippen molar-refractivity contribution in [3.05, 3.63) is 58.1 Å². The Hall–Kier alpha value is -2.27. The molecule has 0 aliphatic rings. The summed E-state index contributed by atoms with van der Waals surface area (Å²) in [6.45, 7) is 1.25. The monoisotopic (exact) mass is 491 g/mol. The minimum absolute atomic E-state index is 0.116. The highest BCUT2D eigenvalue weighted by Gasteiger charge is 2.15. The van der Waals surface area contributed by atoms with Gasteiger partial charge in [0.1, 0.15) is 5.82 Å². The number of hydrogen-bond acceptors (Lipinski definition) is 8. The summed E-state index contributed by atoms with van der Waals surface area (Å²) >= 11 is 6.49. The molecule has 7 nitrogen and oxygen atoms in total. The van der Waals surface area contributed by atoms with E-state index in [1.165, 1.54) is 18.3 Å². The molecule has 0 unspecified atom stereocenters. The maximum absolute atomic E-state index is 11.8. The van der Waals surface area contributed by atoms with Gasteiger partial charge in [-0.2, -0.15) is 0 Å². The van der Waals surface area contributed by atoms with Crippen LogP contribution in [0.5, 0.6) is 0 Å². The summed E-state index contributed by atoms with van der Waals surface area (Å²) in [5, 5.41) is 6.42. The molecular formula is C19H18BrN5O2S2. The number of hydrazine groups is 1. The summed E-state index contributed by atoms with van der Waals surface area (Å²) in [4.78, 5) is 34.0. The van der Waals surface area contributed by atoms with Crippen LogP contribution in [-0.4, -0.2) is 26.8 Å². The Bertz CT molecular complexity index is 1010. The summed E-state index contributed by atoms with van der Waals surface area (Å²) < 4.78 is 0.886. The van der Waals surface area contributed by atoms with E-state index < -0.39 is 11.8 Å². The van der Waals surface area contributed by atoms with Crippen LogP contribution >= 0.6 is 39.0 Å². The van der Waals surface area contributed by atoms with Gasteiger partial charge in [0, 0.05) is 34.3 Å². The van der Waals surface area contributed by atoms with Crippen molar-refractivity contribution in [2.75, 3.05) is 5.32 Å². The van der Waals surface area contributed by atoms with E-state index in [1.54, 1.807) is 18.0 Å². The molecule has 0 radical (unpaired) electrons. The zero-order valence-corrected chi connectivity index (χ0v) is 18.7. The van der Waals surface area contributed by atoms with Crippen LogP contribution < -0.4 is 11.2 Å². The molecule has 0 saturated heterocycles. The second-order valence-corrected chi connectivity index (χ2v) is 8.86. The van der Waals surface area contributed by atoms with Crippen LogP contribution in [-0.2, 0) is 16.0 Å². The summed E-state index contributed by atoms with van der Waals surface area (Å²) in [5.41, 5.74) is 0.747. The van der Waals surface area contributed by atoms with Gasteiger partial charge in [-0.15, -0.1) is 11.3 Å². The molecule has 2 amide bonds. The standard InChI is InChI=1S/C19H18BrN5O2S2/c1-12(26)25(21)17(27)8-7-14-11-28-19(23-14)24-18-16(9-13(20)10-22-18)29-15-5-3-2-4-6-15/h2-6,9-11H,7-8,21H2,1H3,(H,22,23,24). The number of amides is 2. The van der Waals surface area contributed by atoms with Crippen molar-refractivity contribution in [2.45, 2.75) is 29.6 Å². The van der Waals surface area contributed by atoms with Gasteiger partial charge in [-0.1, -0.05) is 30.0 Å². The molecule has 0 saturated carbocycles. The quantitative estimate of drug-likeness (QED) is 0.287. The molecule has 0 aliphatic heterocycles. The number of nitrogens with zero attached hydrogens (tertiary/aromatic N) is 3. The Kier molecular flexibility index (Phi) is 7.37. The number of halogens is 1. The van der Waals surface area contributed by atoms with E-state index in [1.807, 2.05) is 41.8 Å². The van der Waals surface area contributed by atoms with Crippen molar-refractivity contribution in [3.63, 3.8) is 0 Å². The second-order valence-electron chi connectivity index (χ2n) is 5.97. The first-order valence-corrected chi connectivity index (χ1v) is 11.1. The SMILES string of the molecule is CC(=O)N(N)C(=O)CCc1csc(Nc2ncc(Br)cc2Sc2ccccc2)n1.